The zero-order chi connectivity index (χ0) is 14.7. The van der Waals surface area contributed by atoms with E-state index in [1.165, 1.54) is 6.08 Å². The summed E-state index contributed by atoms with van der Waals surface area (Å²) < 4.78 is 10.4. The maximum absolute atomic E-state index is 11.8. The molecule has 1 fully saturated rings. The average Bonchev–Trinajstić information content (AvgIpc) is 2.49. The van der Waals surface area contributed by atoms with E-state index in [4.69, 9.17) is 9.47 Å². The fourth-order valence-electron chi connectivity index (χ4n) is 2.38. The first kappa shape index (κ1) is 13.8. The molecule has 0 unspecified atom stereocenters. The molecule has 0 atom stereocenters. The summed E-state index contributed by atoms with van der Waals surface area (Å²) in [4.78, 5) is 11.8. The summed E-state index contributed by atoms with van der Waals surface area (Å²) >= 11 is 0. The summed E-state index contributed by atoms with van der Waals surface area (Å²) in [5.41, 5.74) is 1.01. The Labute approximate surface area is 124 Å². The number of esters is 1. The van der Waals surface area contributed by atoms with Crippen molar-refractivity contribution >= 4 is 22.8 Å². The van der Waals surface area contributed by atoms with Gasteiger partial charge in [0, 0.05) is 11.5 Å². The van der Waals surface area contributed by atoms with E-state index in [0.717, 1.165) is 16.3 Å². The number of fused-ring (bicyclic) bond motifs is 1. The van der Waals surface area contributed by atoms with E-state index in [1.807, 2.05) is 36.4 Å². The van der Waals surface area contributed by atoms with Crippen LogP contribution in [0.3, 0.4) is 0 Å². The molecular weight excluding hydrogens is 264 g/mol. The second-order valence-electron chi connectivity index (χ2n) is 5.81. The number of carbonyl (C=O) groups is 1. The molecule has 108 valence electrons. The standard InChI is InChI=1S/C18H18O3/c1-18(11-20-12-18)13-21-17(19)10-9-15-7-4-6-14-5-2-3-8-16(14)15/h2-10H,11-13H2,1H3/b10-9-. The molecule has 0 radical (unpaired) electrons. The van der Waals surface area contributed by atoms with Gasteiger partial charge >= 0.3 is 5.97 Å². The maximum atomic E-state index is 11.8. The molecule has 0 bridgehead atoms. The predicted molar refractivity (Wildman–Crippen MR) is 82.9 cm³/mol. The van der Waals surface area contributed by atoms with Crippen molar-refractivity contribution in [3.63, 3.8) is 0 Å². The van der Waals surface area contributed by atoms with Crippen molar-refractivity contribution in [2.75, 3.05) is 19.8 Å². The molecular formula is C18H18O3. The second-order valence-corrected chi connectivity index (χ2v) is 5.81. The third kappa shape index (κ3) is 3.14. The van der Waals surface area contributed by atoms with Crippen LogP contribution in [0.5, 0.6) is 0 Å². The Morgan fingerprint density at radius 3 is 2.76 bits per heavy atom. The highest BCUT2D eigenvalue weighted by atomic mass is 16.5. The van der Waals surface area contributed by atoms with Gasteiger partial charge in [-0.2, -0.15) is 0 Å². The van der Waals surface area contributed by atoms with Gasteiger partial charge in [-0.15, -0.1) is 0 Å². The summed E-state index contributed by atoms with van der Waals surface area (Å²) in [6, 6.07) is 14.1. The summed E-state index contributed by atoms with van der Waals surface area (Å²) in [7, 11) is 0. The van der Waals surface area contributed by atoms with Crippen LogP contribution < -0.4 is 0 Å². The molecule has 0 aromatic heterocycles. The number of benzene rings is 2. The monoisotopic (exact) mass is 282 g/mol. The number of rotatable bonds is 4. The lowest BCUT2D eigenvalue weighted by molar-refractivity contribution is -0.160. The Kier molecular flexibility index (Phi) is 3.76. The zero-order valence-electron chi connectivity index (χ0n) is 12.0. The van der Waals surface area contributed by atoms with Crippen LogP contribution in [0.1, 0.15) is 12.5 Å². The Morgan fingerprint density at radius 1 is 1.24 bits per heavy atom. The number of hydrogen-bond donors (Lipinski definition) is 0. The lowest BCUT2D eigenvalue weighted by Gasteiger charge is -2.36. The van der Waals surface area contributed by atoms with Crippen LogP contribution in [0.15, 0.2) is 48.5 Å². The van der Waals surface area contributed by atoms with E-state index in [9.17, 15) is 4.79 Å². The van der Waals surface area contributed by atoms with Gasteiger partial charge in [0.15, 0.2) is 0 Å². The number of carbonyl (C=O) groups excluding carboxylic acids is 1. The highest BCUT2D eigenvalue weighted by molar-refractivity contribution is 5.94. The fraction of sp³-hybridized carbons (Fsp3) is 0.278. The Bertz CT molecular complexity index is 678. The highest BCUT2D eigenvalue weighted by Crippen LogP contribution is 2.26. The van der Waals surface area contributed by atoms with Gasteiger partial charge in [0.1, 0.15) is 6.61 Å². The molecule has 2 aromatic carbocycles. The van der Waals surface area contributed by atoms with E-state index in [2.05, 4.69) is 19.1 Å². The van der Waals surface area contributed by atoms with Gasteiger partial charge in [0.25, 0.3) is 0 Å². The smallest absolute Gasteiger partial charge is 0.330 e. The fourth-order valence-corrected chi connectivity index (χ4v) is 2.38. The highest BCUT2D eigenvalue weighted by Gasteiger charge is 2.34. The van der Waals surface area contributed by atoms with Gasteiger partial charge in [0.2, 0.25) is 0 Å². The van der Waals surface area contributed by atoms with Crippen LogP contribution in [0, 0.1) is 5.41 Å². The molecule has 0 spiro atoms. The van der Waals surface area contributed by atoms with Crippen molar-refractivity contribution in [1.82, 2.24) is 0 Å². The third-order valence-electron chi connectivity index (χ3n) is 3.69. The van der Waals surface area contributed by atoms with Crippen molar-refractivity contribution in [2.24, 2.45) is 5.41 Å². The maximum Gasteiger partial charge on any atom is 0.330 e. The van der Waals surface area contributed by atoms with Crippen LogP contribution in [0.4, 0.5) is 0 Å². The van der Waals surface area contributed by atoms with Crippen LogP contribution in [0.2, 0.25) is 0 Å². The Morgan fingerprint density at radius 2 is 2.00 bits per heavy atom. The molecule has 1 aliphatic rings. The quantitative estimate of drug-likeness (QED) is 0.636. The number of hydrogen-bond acceptors (Lipinski definition) is 3. The summed E-state index contributed by atoms with van der Waals surface area (Å²) in [5, 5.41) is 2.29. The molecule has 0 saturated carbocycles. The minimum Gasteiger partial charge on any atom is -0.462 e. The van der Waals surface area contributed by atoms with Crippen LogP contribution in [-0.2, 0) is 14.3 Å². The van der Waals surface area contributed by atoms with Crippen molar-refractivity contribution < 1.29 is 14.3 Å². The van der Waals surface area contributed by atoms with Crippen molar-refractivity contribution in [2.45, 2.75) is 6.92 Å². The van der Waals surface area contributed by atoms with Gasteiger partial charge < -0.3 is 9.47 Å². The number of ether oxygens (including phenoxy) is 2. The van der Waals surface area contributed by atoms with E-state index in [-0.39, 0.29) is 11.4 Å². The van der Waals surface area contributed by atoms with Crippen LogP contribution >= 0.6 is 0 Å². The second kappa shape index (κ2) is 5.70. The normalized spacial score (nSPS) is 16.8. The molecule has 0 N–H and O–H groups in total. The third-order valence-corrected chi connectivity index (χ3v) is 3.69. The van der Waals surface area contributed by atoms with Crippen molar-refractivity contribution in [1.29, 1.82) is 0 Å². The van der Waals surface area contributed by atoms with E-state index >= 15 is 0 Å². The predicted octanol–water partition coefficient (Wildman–Crippen LogP) is 3.43. The van der Waals surface area contributed by atoms with Crippen LogP contribution in [0.25, 0.3) is 16.8 Å². The Hall–Kier alpha value is -2.13. The van der Waals surface area contributed by atoms with E-state index < -0.39 is 0 Å². The largest absolute Gasteiger partial charge is 0.462 e. The molecule has 0 aliphatic carbocycles. The molecule has 3 heteroatoms. The summed E-state index contributed by atoms with van der Waals surface area (Å²) in [6.45, 7) is 3.78. The van der Waals surface area contributed by atoms with Gasteiger partial charge in [-0.05, 0) is 22.4 Å². The van der Waals surface area contributed by atoms with Gasteiger partial charge in [-0.3, -0.25) is 0 Å². The Balaban J connectivity index is 1.68. The van der Waals surface area contributed by atoms with Gasteiger partial charge in [-0.1, -0.05) is 49.4 Å². The molecule has 3 nitrogen and oxygen atoms in total. The molecule has 2 aromatic rings. The van der Waals surface area contributed by atoms with E-state index in [1.54, 1.807) is 0 Å². The molecule has 21 heavy (non-hydrogen) atoms. The molecule has 3 rings (SSSR count). The average molecular weight is 282 g/mol. The molecule has 1 saturated heterocycles. The minimum atomic E-state index is -0.309. The SMILES string of the molecule is CC1(COC(=O)/C=C\c2cccc3ccccc23)COC1. The summed E-state index contributed by atoms with van der Waals surface area (Å²) in [5.74, 6) is -0.309. The van der Waals surface area contributed by atoms with Crippen molar-refractivity contribution in [3.05, 3.63) is 54.1 Å². The topological polar surface area (TPSA) is 35.5 Å². The first-order valence-electron chi connectivity index (χ1n) is 7.07. The molecule has 1 aliphatic heterocycles. The molecule has 0 amide bonds. The lowest BCUT2D eigenvalue weighted by Crippen LogP contribution is -2.43. The van der Waals surface area contributed by atoms with Crippen LogP contribution in [-0.4, -0.2) is 25.8 Å². The van der Waals surface area contributed by atoms with E-state index in [0.29, 0.717) is 19.8 Å². The zero-order valence-corrected chi connectivity index (χ0v) is 12.0. The lowest BCUT2D eigenvalue weighted by atomic mass is 9.90. The summed E-state index contributed by atoms with van der Waals surface area (Å²) in [6.07, 6.45) is 3.30. The van der Waals surface area contributed by atoms with Gasteiger partial charge in [0.05, 0.1) is 13.2 Å². The van der Waals surface area contributed by atoms with Crippen molar-refractivity contribution in [3.8, 4) is 0 Å². The molecule has 1 heterocycles. The first-order chi connectivity index (χ1) is 10.2. The first-order valence-corrected chi connectivity index (χ1v) is 7.07. The minimum absolute atomic E-state index is 0.0110. The van der Waals surface area contributed by atoms with Gasteiger partial charge in [-0.25, -0.2) is 4.79 Å².